The first-order valence-electron chi connectivity index (χ1n) is 7.96. The number of carbonyl (C=O) groups is 2. The number of rotatable bonds is 6. The number of carboxylic acids is 1. The smallest absolute Gasteiger partial charge is 0.345 e. The molecule has 0 aliphatic rings. The lowest BCUT2D eigenvalue weighted by Gasteiger charge is -2.04. The molecular weight excluding hydrogens is 346 g/mol. The van der Waals surface area contributed by atoms with Crippen LogP contribution in [-0.4, -0.2) is 28.2 Å². The first-order chi connectivity index (χ1) is 13.1. The SMILES string of the molecule is O=C(O)c1ccc(N/N=C/c2ccc(OC(=O)c3cccnc3)cc2)cc1. The van der Waals surface area contributed by atoms with Gasteiger partial charge < -0.3 is 9.84 Å². The Bertz CT molecular complexity index is 953. The number of benzene rings is 2. The van der Waals surface area contributed by atoms with Gasteiger partial charge in [-0.25, -0.2) is 9.59 Å². The van der Waals surface area contributed by atoms with Gasteiger partial charge in [-0.15, -0.1) is 0 Å². The number of carboxylic acid groups (broad SMARTS) is 1. The number of nitrogens with zero attached hydrogens (tertiary/aromatic N) is 2. The van der Waals surface area contributed by atoms with Crippen LogP contribution in [0.5, 0.6) is 5.75 Å². The highest BCUT2D eigenvalue weighted by Crippen LogP contribution is 2.14. The number of esters is 1. The van der Waals surface area contributed by atoms with E-state index in [0.717, 1.165) is 5.56 Å². The summed E-state index contributed by atoms with van der Waals surface area (Å²) in [6.45, 7) is 0. The van der Waals surface area contributed by atoms with E-state index in [0.29, 0.717) is 17.0 Å². The van der Waals surface area contributed by atoms with Crippen molar-refractivity contribution in [3.8, 4) is 5.75 Å². The summed E-state index contributed by atoms with van der Waals surface area (Å²) in [7, 11) is 0. The van der Waals surface area contributed by atoms with Crippen molar-refractivity contribution in [3.05, 3.63) is 89.7 Å². The Morgan fingerprint density at radius 1 is 1.00 bits per heavy atom. The summed E-state index contributed by atoms with van der Waals surface area (Å²) in [6, 6.07) is 16.4. The summed E-state index contributed by atoms with van der Waals surface area (Å²) in [5.41, 5.74) is 4.86. The van der Waals surface area contributed by atoms with Crippen LogP contribution in [0.2, 0.25) is 0 Å². The third kappa shape index (κ3) is 4.99. The molecule has 0 bridgehead atoms. The van der Waals surface area contributed by atoms with Crippen LogP contribution in [0.4, 0.5) is 5.69 Å². The zero-order valence-electron chi connectivity index (χ0n) is 14.1. The predicted octanol–water partition coefficient (Wildman–Crippen LogP) is 3.45. The highest BCUT2D eigenvalue weighted by Gasteiger charge is 2.07. The van der Waals surface area contributed by atoms with Gasteiger partial charge in [-0.05, 0) is 66.2 Å². The van der Waals surface area contributed by atoms with Crippen molar-refractivity contribution in [1.82, 2.24) is 4.98 Å². The second-order valence-electron chi connectivity index (χ2n) is 5.45. The molecule has 1 heterocycles. The Hall–Kier alpha value is -4.00. The van der Waals surface area contributed by atoms with Crippen LogP contribution in [0.25, 0.3) is 0 Å². The molecule has 0 radical (unpaired) electrons. The number of nitrogens with one attached hydrogen (secondary N) is 1. The van der Waals surface area contributed by atoms with Gasteiger partial charge in [-0.1, -0.05) is 0 Å². The molecule has 7 nitrogen and oxygen atoms in total. The van der Waals surface area contributed by atoms with E-state index in [1.54, 1.807) is 60.9 Å². The molecule has 0 unspecified atom stereocenters. The maximum Gasteiger partial charge on any atom is 0.345 e. The maximum atomic E-state index is 12.0. The van der Waals surface area contributed by atoms with Crippen LogP contribution in [0, 0.1) is 0 Å². The predicted molar refractivity (Wildman–Crippen MR) is 100 cm³/mol. The molecule has 0 fully saturated rings. The van der Waals surface area contributed by atoms with E-state index in [1.165, 1.54) is 18.3 Å². The summed E-state index contributed by atoms with van der Waals surface area (Å²) >= 11 is 0. The highest BCUT2D eigenvalue weighted by molar-refractivity contribution is 5.91. The zero-order chi connectivity index (χ0) is 19.1. The lowest BCUT2D eigenvalue weighted by atomic mass is 10.2. The number of hydrazone groups is 1. The average molecular weight is 361 g/mol. The molecule has 0 saturated carbocycles. The number of pyridine rings is 1. The molecule has 27 heavy (non-hydrogen) atoms. The van der Waals surface area contributed by atoms with Gasteiger partial charge >= 0.3 is 11.9 Å². The van der Waals surface area contributed by atoms with Gasteiger partial charge in [0.05, 0.1) is 23.0 Å². The van der Waals surface area contributed by atoms with E-state index in [9.17, 15) is 9.59 Å². The van der Waals surface area contributed by atoms with Crippen molar-refractivity contribution in [3.63, 3.8) is 0 Å². The van der Waals surface area contributed by atoms with Crippen molar-refractivity contribution in [2.45, 2.75) is 0 Å². The molecule has 2 N–H and O–H groups in total. The number of aromatic carboxylic acids is 1. The summed E-state index contributed by atoms with van der Waals surface area (Å²) in [6.07, 6.45) is 4.62. The third-order valence-corrected chi connectivity index (χ3v) is 3.53. The van der Waals surface area contributed by atoms with Crippen LogP contribution in [0.15, 0.2) is 78.2 Å². The first kappa shape index (κ1) is 17.8. The number of ether oxygens (including phenoxy) is 1. The van der Waals surface area contributed by atoms with Crippen LogP contribution in [-0.2, 0) is 0 Å². The number of hydrogen-bond donors (Lipinski definition) is 2. The largest absolute Gasteiger partial charge is 0.478 e. The minimum absolute atomic E-state index is 0.209. The molecule has 134 valence electrons. The van der Waals surface area contributed by atoms with Crippen molar-refractivity contribution in [2.75, 3.05) is 5.43 Å². The van der Waals surface area contributed by atoms with Gasteiger partial charge in [0.1, 0.15) is 5.75 Å². The fourth-order valence-electron chi connectivity index (χ4n) is 2.14. The van der Waals surface area contributed by atoms with Crippen molar-refractivity contribution in [1.29, 1.82) is 0 Å². The van der Waals surface area contributed by atoms with Gasteiger partial charge in [-0.2, -0.15) is 5.10 Å². The Labute approximate surface area is 155 Å². The highest BCUT2D eigenvalue weighted by atomic mass is 16.5. The quantitative estimate of drug-likeness (QED) is 0.302. The van der Waals surface area contributed by atoms with Crippen LogP contribution in [0.1, 0.15) is 26.3 Å². The molecule has 3 aromatic rings. The average Bonchev–Trinajstić information content (AvgIpc) is 2.70. The number of aromatic nitrogens is 1. The second-order valence-corrected chi connectivity index (χ2v) is 5.45. The summed E-state index contributed by atoms with van der Waals surface area (Å²) in [5.74, 6) is -1.04. The van der Waals surface area contributed by atoms with Gasteiger partial charge in [-0.3, -0.25) is 10.4 Å². The lowest BCUT2D eigenvalue weighted by molar-refractivity contribution is 0.0694. The van der Waals surface area contributed by atoms with Gasteiger partial charge in [0.25, 0.3) is 0 Å². The van der Waals surface area contributed by atoms with Crippen molar-refractivity contribution < 1.29 is 19.4 Å². The summed E-state index contributed by atoms with van der Waals surface area (Å²) in [4.78, 5) is 26.6. The Morgan fingerprint density at radius 2 is 1.74 bits per heavy atom. The van der Waals surface area contributed by atoms with E-state index in [4.69, 9.17) is 9.84 Å². The van der Waals surface area contributed by atoms with E-state index in [2.05, 4.69) is 15.5 Å². The Balaban J connectivity index is 1.56. The van der Waals surface area contributed by atoms with Gasteiger partial charge in [0, 0.05) is 12.4 Å². The van der Waals surface area contributed by atoms with Gasteiger partial charge in [0.15, 0.2) is 0 Å². The van der Waals surface area contributed by atoms with Gasteiger partial charge in [0.2, 0.25) is 0 Å². The van der Waals surface area contributed by atoms with Crippen molar-refractivity contribution >= 4 is 23.8 Å². The number of anilines is 1. The molecule has 0 aliphatic carbocycles. The molecule has 0 aliphatic heterocycles. The minimum Gasteiger partial charge on any atom is -0.478 e. The monoisotopic (exact) mass is 361 g/mol. The van der Waals surface area contributed by atoms with E-state index < -0.39 is 11.9 Å². The topological polar surface area (TPSA) is 101 Å². The van der Waals surface area contributed by atoms with E-state index in [-0.39, 0.29) is 5.56 Å². The third-order valence-electron chi connectivity index (χ3n) is 3.53. The molecular formula is C20H15N3O4. The number of hydrogen-bond acceptors (Lipinski definition) is 6. The summed E-state index contributed by atoms with van der Waals surface area (Å²) < 4.78 is 5.27. The molecule has 0 saturated heterocycles. The Kier molecular flexibility index (Phi) is 5.54. The fraction of sp³-hybridized carbons (Fsp3) is 0. The molecule has 0 atom stereocenters. The zero-order valence-corrected chi connectivity index (χ0v) is 14.1. The molecule has 0 amide bonds. The van der Waals surface area contributed by atoms with Crippen molar-refractivity contribution in [2.24, 2.45) is 5.10 Å². The Morgan fingerprint density at radius 3 is 2.37 bits per heavy atom. The van der Waals surface area contributed by atoms with Crippen LogP contribution in [0.3, 0.4) is 0 Å². The molecule has 0 spiro atoms. The van der Waals surface area contributed by atoms with Crippen LogP contribution < -0.4 is 10.2 Å². The van der Waals surface area contributed by atoms with Crippen LogP contribution >= 0.6 is 0 Å². The summed E-state index contributed by atoms with van der Waals surface area (Å²) in [5, 5.41) is 12.9. The van der Waals surface area contributed by atoms with E-state index in [1.807, 2.05) is 0 Å². The molecule has 1 aromatic heterocycles. The lowest BCUT2D eigenvalue weighted by Crippen LogP contribution is -2.08. The fourth-order valence-corrected chi connectivity index (χ4v) is 2.14. The normalized spacial score (nSPS) is 10.5. The first-order valence-corrected chi connectivity index (χ1v) is 7.96. The maximum absolute atomic E-state index is 12.0. The number of carbonyl (C=O) groups excluding carboxylic acids is 1. The second kappa shape index (κ2) is 8.39. The molecule has 7 heteroatoms. The molecule has 2 aromatic carbocycles. The standard InChI is InChI=1S/C20H15N3O4/c24-19(25)15-5-7-17(8-6-15)23-22-12-14-3-9-18(10-4-14)27-20(26)16-2-1-11-21-13-16/h1-13,23H,(H,24,25)/b22-12+. The minimum atomic E-state index is -0.977. The molecule has 3 rings (SSSR count). The van der Waals surface area contributed by atoms with E-state index >= 15 is 0 Å².